The molecule has 0 unspecified atom stereocenters. The number of oxime groups is 1. The Morgan fingerprint density at radius 2 is 1.50 bits per heavy atom. The third-order valence-electron chi connectivity index (χ3n) is 22.1. The van der Waals surface area contributed by atoms with Crippen molar-refractivity contribution in [2.45, 2.75) is 237 Å². The Labute approximate surface area is 708 Å². The number of Topliss-reactive ketones (excluding diaryl/α,β-unsaturated/α-hetero) is 1. The molecule has 672 valence electrons. The molecule has 121 heavy (non-hydrogen) atoms. The summed E-state index contributed by atoms with van der Waals surface area (Å²) in [6.45, 7) is 20.3. The number of aliphatic hydroxyl groups excluding tert-OH is 3. The van der Waals surface area contributed by atoms with Gasteiger partial charge in [-0.1, -0.05) is 75.0 Å². The molecule has 0 spiro atoms. The number of allylic oxidation sites excluding steroid dienone is 4. The highest BCUT2D eigenvalue weighted by Crippen LogP contribution is 2.37. The van der Waals surface area contributed by atoms with Crippen molar-refractivity contribution in [2.75, 3.05) is 118 Å². The average molecular weight is 1700 g/mol. The number of ketones is 1. The number of oxazole rings is 1. The van der Waals surface area contributed by atoms with Crippen LogP contribution in [0.1, 0.15) is 156 Å². The highest BCUT2D eigenvalue weighted by atomic mass is 16.6. The number of ether oxygens (including phenoxy) is 10. The molecular formula is C85H131N15O21. The molecule has 3 amide bonds. The van der Waals surface area contributed by atoms with Crippen molar-refractivity contribution in [3.05, 3.63) is 84.5 Å². The lowest BCUT2D eigenvalue weighted by Gasteiger charge is -2.40. The molecule has 5 aromatic rings. The molecule has 0 radical (unpaired) electrons. The molecule has 2 aliphatic heterocycles. The Balaban J connectivity index is 0.691. The van der Waals surface area contributed by atoms with Crippen molar-refractivity contribution in [3.8, 4) is 11.3 Å². The number of nitrogens with two attached hydrogens (primary N) is 3. The average Bonchev–Trinajstić information content (AvgIpc) is 1.63. The number of aryl methyl sites for hydroxylation is 1. The topological polar surface area (TPSA) is 486 Å². The zero-order valence-corrected chi connectivity index (χ0v) is 71.8. The molecule has 0 bridgehead atoms. The molecule has 8 rings (SSSR count). The summed E-state index contributed by atoms with van der Waals surface area (Å²) in [4.78, 5) is 88.0. The largest absolute Gasteiger partial charge is 0.459 e. The minimum Gasteiger partial charge on any atom is -0.459 e. The van der Waals surface area contributed by atoms with Gasteiger partial charge < -0.3 is 110 Å². The third kappa shape index (κ3) is 30.7. The van der Waals surface area contributed by atoms with Crippen molar-refractivity contribution < 1.29 is 101 Å². The van der Waals surface area contributed by atoms with E-state index < -0.39 is 90.3 Å². The van der Waals surface area contributed by atoms with E-state index in [4.69, 9.17) is 78.9 Å². The van der Waals surface area contributed by atoms with Crippen molar-refractivity contribution in [2.24, 2.45) is 34.6 Å². The van der Waals surface area contributed by atoms with Crippen LogP contribution in [-0.2, 0) is 95.9 Å². The number of amides is 3. The van der Waals surface area contributed by atoms with Crippen LogP contribution < -0.4 is 27.8 Å². The van der Waals surface area contributed by atoms with Crippen molar-refractivity contribution >= 4 is 69.2 Å². The second-order valence-electron chi connectivity index (χ2n) is 31.8. The highest BCUT2D eigenvalue weighted by molar-refractivity contribution is 6.39. The van der Waals surface area contributed by atoms with Crippen molar-refractivity contribution in [3.63, 3.8) is 0 Å². The number of nitrogens with zero attached hydrogens (tertiary/aromatic N) is 10. The lowest BCUT2D eigenvalue weighted by molar-refractivity contribution is -0.245. The van der Waals surface area contributed by atoms with Gasteiger partial charge in [0.2, 0.25) is 17.6 Å². The van der Waals surface area contributed by atoms with Gasteiger partial charge in [0.05, 0.1) is 120 Å². The van der Waals surface area contributed by atoms with E-state index in [1.54, 1.807) is 61.0 Å². The Morgan fingerprint density at radius 1 is 0.793 bits per heavy atom. The molecule has 12 N–H and O–H groups in total. The molecule has 14 atom stereocenters. The fourth-order valence-electron chi connectivity index (χ4n) is 15.5. The maximum atomic E-state index is 14.7. The van der Waals surface area contributed by atoms with E-state index in [1.165, 1.54) is 18.3 Å². The van der Waals surface area contributed by atoms with E-state index in [0.29, 0.717) is 208 Å². The van der Waals surface area contributed by atoms with Crippen LogP contribution in [0.5, 0.6) is 0 Å². The molecule has 4 aromatic heterocycles. The molecule has 2 saturated heterocycles. The SMILES string of the molecule is C=C/C=C/C=C(\C)[C@H](C[C@@H]1CCC[C@](O)(C(=O)C(=O)N2CCCC[C@H]2C(=O)O[C@@H](C[C@@H](OC)[C@H](C)/C=C(\C)[C@@H](O)[C@@H](O)/C(=N/OCc2cn(CCOCCOCCOCCOCCOCCNC(=O)CCC(=O)NCCCCn3nc(-c4ccc5oc(N)nc5c4)c4c(N)ncnc43)nn2)[C@H](C)CC(C)C)[C@H](N)C[C@@H]2CC[C@@H](O)[C@H](OC)C2)O1)OC. The number of esters is 1. The lowest BCUT2D eigenvalue weighted by atomic mass is 9.80. The maximum absolute atomic E-state index is 14.7. The Hall–Kier alpha value is -8.60. The van der Waals surface area contributed by atoms with Crippen LogP contribution in [0.3, 0.4) is 0 Å². The molecule has 36 nitrogen and oxygen atoms in total. The first kappa shape index (κ1) is 97.8. The van der Waals surface area contributed by atoms with Gasteiger partial charge in [-0.2, -0.15) is 10.1 Å². The van der Waals surface area contributed by atoms with Crippen LogP contribution in [0.4, 0.5) is 11.8 Å². The minimum atomic E-state index is -2.43. The van der Waals surface area contributed by atoms with Gasteiger partial charge in [-0.3, -0.25) is 19.2 Å². The number of aliphatic hydroxyl groups is 4. The van der Waals surface area contributed by atoms with Gasteiger partial charge in [0, 0.05) is 103 Å². The minimum absolute atomic E-state index is 0.00550. The number of carbonyl (C=O) groups excluding carboxylic acids is 5. The number of nitrogen functional groups attached to an aromatic ring is 2. The first-order valence-electron chi connectivity index (χ1n) is 42.4. The summed E-state index contributed by atoms with van der Waals surface area (Å²) in [6.07, 6.45) is 12.0. The summed E-state index contributed by atoms with van der Waals surface area (Å²) < 4.78 is 66.9. The van der Waals surface area contributed by atoms with Crippen LogP contribution >= 0.6 is 0 Å². The Bertz CT molecular complexity index is 4170. The summed E-state index contributed by atoms with van der Waals surface area (Å²) in [6, 6.07) is 3.57. The number of carbonyl (C=O) groups is 5. The van der Waals surface area contributed by atoms with Gasteiger partial charge in [0.25, 0.3) is 17.7 Å². The first-order valence-corrected chi connectivity index (χ1v) is 42.4. The number of piperidine rings is 1. The quantitative estimate of drug-likeness (QED) is 0.00390. The summed E-state index contributed by atoms with van der Waals surface area (Å²) in [7, 11) is 4.64. The number of anilines is 2. The van der Waals surface area contributed by atoms with E-state index in [0.717, 1.165) is 11.1 Å². The van der Waals surface area contributed by atoms with Crippen LogP contribution in [0.15, 0.2) is 88.4 Å². The van der Waals surface area contributed by atoms with Gasteiger partial charge in [0.15, 0.2) is 17.8 Å². The summed E-state index contributed by atoms with van der Waals surface area (Å²) in [5.74, 6) is -6.13. The number of hydrogen-bond donors (Lipinski definition) is 9. The number of benzene rings is 1. The van der Waals surface area contributed by atoms with Gasteiger partial charge >= 0.3 is 5.97 Å². The van der Waals surface area contributed by atoms with Crippen molar-refractivity contribution in [1.29, 1.82) is 0 Å². The molecule has 36 heteroatoms. The summed E-state index contributed by atoms with van der Waals surface area (Å²) in [5, 5.41) is 70.2. The van der Waals surface area contributed by atoms with E-state index in [1.807, 2.05) is 58.9 Å². The number of rotatable bonds is 55. The lowest BCUT2D eigenvalue weighted by Crippen LogP contribution is -2.58. The highest BCUT2D eigenvalue weighted by Gasteiger charge is 2.50. The molecule has 3 aliphatic rings. The summed E-state index contributed by atoms with van der Waals surface area (Å²) in [5.41, 5.74) is 24.2. The Kier molecular flexibility index (Phi) is 41.1. The fourth-order valence-corrected chi connectivity index (χ4v) is 15.5. The van der Waals surface area contributed by atoms with E-state index >= 15 is 0 Å². The molecule has 3 fully saturated rings. The van der Waals surface area contributed by atoms with Gasteiger partial charge in [-0.15, -0.1) is 5.10 Å². The number of fused-ring (bicyclic) bond motifs is 2. The molecule has 6 heterocycles. The summed E-state index contributed by atoms with van der Waals surface area (Å²) >= 11 is 0. The predicted octanol–water partition coefficient (Wildman–Crippen LogP) is 6.34. The number of unbranched alkanes of at least 4 members (excludes halogenated alkanes) is 1. The second-order valence-corrected chi connectivity index (χ2v) is 31.8. The normalized spacial score (nSPS) is 20.9. The smallest absolute Gasteiger partial charge is 0.329 e. The number of nitrogens with one attached hydrogen (secondary N) is 2. The third-order valence-corrected chi connectivity index (χ3v) is 22.1. The van der Waals surface area contributed by atoms with Crippen LogP contribution in [0.25, 0.3) is 33.4 Å². The van der Waals surface area contributed by atoms with Crippen LogP contribution in [0.2, 0.25) is 0 Å². The Morgan fingerprint density at radius 3 is 2.18 bits per heavy atom. The van der Waals surface area contributed by atoms with Gasteiger partial charge in [-0.25, -0.2) is 24.1 Å². The molecular weight excluding hydrogens is 1570 g/mol. The fraction of sp³-hybridized carbons (Fsp3) is 0.671. The zero-order chi connectivity index (χ0) is 87.4. The predicted molar refractivity (Wildman–Crippen MR) is 450 cm³/mol. The first-order chi connectivity index (χ1) is 58.2. The number of methoxy groups -OCH3 is 3. The monoisotopic (exact) mass is 1700 g/mol. The zero-order valence-electron chi connectivity index (χ0n) is 71.8. The van der Waals surface area contributed by atoms with Crippen molar-refractivity contribution in [1.82, 2.24) is 55.3 Å². The van der Waals surface area contributed by atoms with Gasteiger partial charge in [-0.05, 0) is 132 Å². The number of aromatic nitrogens is 8. The van der Waals surface area contributed by atoms with Gasteiger partial charge in [0.1, 0.15) is 53.4 Å². The molecule has 1 aromatic carbocycles. The van der Waals surface area contributed by atoms with E-state index in [2.05, 4.69) is 47.6 Å². The van der Waals surface area contributed by atoms with E-state index in [9.17, 15) is 44.4 Å². The van der Waals surface area contributed by atoms with E-state index in [-0.39, 0.29) is 93.2 Å². The number of hydrogen-bond acceptors (Lipinski definition) is 31. The van der Waals surface area contributed by atoms with Crippen LogP contribution in [-0.4, -0.2) is 274 Å². The standard InChI is InChI=1S/C85H131N15O21/c1-11-12-13-19-55(4)68(110-8)49-62-20-18-28-85(109,121-62)79(106)82(107)99-31-16-14-21-65(99)83(108)119-70(63(86)46-59-22-24-66(101)71(47-59)112-10)50-69(111-9)56(5)45-58(7)77(104)78(105)75(57(6)44-54(2)3)96-118-52-61-51-98(97-94-61)33-35-114-37-39-116-41-43-117-42-40-115-38-36-113-34-30-90-73(103)27-26-72(102)89-29-15-17-32-100-81-74(80(87)91-53-92-81)76(95-100)60-23-25-67-64(48-60)93-84(88)120-67/h11-13,19,23,25,45,48,51,53-54,56-57,59,62-63,65-66,68-71,77-78,101,104-105,109H,1,14-18,20-22,24,26-44,46-47,49-50,52,86H2,2-10H3,(H2,88,93)(H,89,102)(H,90,103)(H2,87,91,92)/b13-12+,55-19+,58-45+,96-75+/t56-,57-,59+,62+,63-,65+,66-,68+,69-,70+,71-,77-,78+,85-/m1/s1. The maximum Gasteiger partial charge on any atom is 0.329 e. The molecule has 1 saturated carbocycles. The second kappa shape index (κ2) is 50.9. The number of likely N-dealkylation sites (tertiary alicyclic amines) is 1. The molecule has 1 aliphatic carbocycles. The van der Waals surface area contributed by atoms with Crippen LogP contribution in [0, 0.1) is 23.7 Å².